The highest BCUT2D eigenvalue weighted by molar-refractivity contribution is 5.78. The molecule has 0 spiro atoms. The van der Waals surface area contributed by atoms with Gasteiger partial charge in [-0.2, -0.15) is 0 Å². The first kappa shape index (κ1) is 10.8. The van der Waals surface area contributed by atoms with E-state index in [-0.39, 0.29) is 6.04 Å². The third-order valence-electron chi connectivity index (χ3n) is 1.44. The molecule has 0 aromatic rings. The number of rotatable bonds is 4. The van der Waals surface area contributed by atoms with Gasteiger partial charge >= 0.3 is 0 Å². The van der Waals surface area contributed by atoms with Crippen molar-refractivity contribution >= 4 is 5.96 Å². The van der Waals surface area contributed by atoms with Crippen molar-refractivity contribution in [3.8, 4) is 12.3 Å². The molecular formula is C9H17N3. The van der Waals surface area contributed by atoms with Gasteiger partial charge in [0.2, 0.25) is 0 Å². The zero-order chi connectivity index (χ0) is 9.40. The van der Waals surface area contributed by atoms with E-state index in [4.69, 9.17) is 12.2 Å². The third kappa shape index (κ3) is 4.62. The molecule has 0 aromatic heterocycles. The van der Waals surface area contributed by atoms with Crippen LogP contribution in [0.2, 0.25) is 0 Å². The summed E-state index contributed by atoms with van der Waals surface area (Å²) in [5.74, 6) is 3.03. The van der Waals surface area contributed by atoms with Gasteiger partial charge in [0.15, 0.2) is 5.96 Å². The molecule has 0 saturated carbocycles. The zero-order valence-corrected chi connectivity index (χ0v) is 7.80. The molecule has 0 aliphatic carbocycles. The number of terminal acetylenes is 1. The van der Waals surface area contributed by atoms with Gasteiger partial charge in [-0.25, -0.2) is 0 Å². The molecule has 3 heteroatoms. The van der Waals surface area contributed by atoms with E-state index in [1.807, 2.05) is 6.92 Å². The van der Waals surface area contributed by atoms with Gasteiger partial charge in [-0.05, 0) is 12.8 Å². The normalized spacial score (nSPS) is 13.6. The number of aliphatic imine (C=N–C) groups is 1. The predicted molar refractivity (Wildman–Crippen MR) is 52.8 cm³/mol. The molecule has 3 nitrogen and oxygen atoms in total. The molecule has 0 aliphatic rings. The number of hydrogen-bond donors (Lipinski definition) is 2. The van der Waals surface area contributed by atoms with Crippen LogP contribution < -0.4 is 11.1 Å². The Morgan fingerprint density at radius 2 is 2.33 bits per heavy atom. The Labute approximate surface area is 74.4 Å². The Hall–Kier alpha value is -1.17. The fourth-order valence-corrected chi connectivity index (χ4v) is 0.718. The first-order chi connectivity index (χ1) is 5.74. The van der Waals surface area contributed by atoms with Gasteiger partial charge in [-0.1, -0.05) is 19.8 Å². The summed E-state index contributed by atoms with van der Waals surface area (Å²) < 4.78 is 0. The molecule has 0 bridgehead atoms. The minimum atomic E-state index is 0.00519. The van der Waals surface area contributed by atoms with Crippen LogP contribution in [0.3, 0.4) is 0 Å². The van der Waals surface area contributed by atoms with E-state index in [2.05, 4.69) is 23.2 Å². The summed E-state index contributed by atoms with van der Waals surface area (Å²) in [6.45, 7) is 4.81. The minimum absolute atomic E-state index is 0.00519. The van der Waals surface area contributed by atoms with Crippen LogP contribution >= 0.6 is 0 Å². The Bertz CT molecular complexity index is 179. The average molecular weight is 167 g/mol. The van der Waals surface area contributed by atoms with Crippen LogP contribution in [-0.4, -0.2) is 18.5 Å². The maximum atomic E-state index is 5.56. The number of guanidine groups is 1. The van der Waals surface area contributed by atoms with E-state index in [9.17, 15) is 0 Å². The lowest BCUT2D eigenvalue weighted by atomic mass is 10.2. The molecule has 0 aliphatic heterocycles. The van der Waals surface area contributed by atoms with Gasteiger partial charge in [0.05, 0.1) is 6.04 Å². The molecule has 3 N–H and O–H groups in total. The number of nitrogens with zero attached hydrogens (tertiary/aromatic N) is 1. The van der Waals surface area contributed by atoms with E-state index in [0.29, 0.717) is 5.96 Å². The minimum Gasteiger partial charge on any atom is -0.370 e. The van der Waals surface area contributed by atoms with Crippen molar-refractivity contribution in [1.82, 2.24) is 5.32 Å². The first-order valence-corrected chi connectivity index (χ1v) is 4.27. The Morgan fingerprint density at radius 1 is 1.67 bits per heavy atom. The Balaban J connectivity index is 3.82. The number of nitrogens with one attached hydrogen (secondary N) is 1. The molecule has 68 valence electrons. The smallest absolute Gasteiger partial charge is 0.189 e. The lowest BCUT2D eigenvalue weighted by molar-refractivity contribution is 0.714. The summed E-state index contributed by atoms with van der Waals surface area (Å²) in [6, 6.07) is 0.00519. The van der Waals surface area contributed by atoms with Crippen molar-refractivity contribution in [3.05, 3.63) is 0 Å². The van der Waals surface area contributed by atoms with Crippen molar-refractivity contribution in [2.45, 2.75) is 32.7 Å². The van der Waals surface area contributed by atoms with Crippen LogP contribution in [0.5, 0.6) is 0 Å². The predicted octanol–water partition coefficient (Wildman–Crippen LogP) is 0.713. The first-order valence-electron chi connectivity index (χ1n) is 4.27. The van der Waals surface area contributed by atoms with Gasteiger partial charge in [0.25, 0.3) is 0 Å². The summed E-state index contributed by atoms with van der Waals surface area (Å²) >= 11 is 0. The van der Waals surface area contributed by atoms with Crippen LogP contribution in [0, 0.1) is 12.3 Å². The van der Waals surface area contributed by atoms with Gasteiger partial charge < -0.3 is 11.1 Å². The van der Waals surface area contributed by atoms with E-state index in [0.717, 1.165) is 19.4 Å². The van der Waals surface area contributed by atoms with Crippen molar-refractivity contribution in [2.75, 3.05) is 6.54 Å². The van der Waals surface area contributed by atoms with Gasteiger partial charge in [0.1, 0.15) is 0 Å². The lowest BCUT2D eigenvalue weighted by Crippen LogP contribution is -2.39. The van der Waals surface area contributed by atoms with E-state index in [1.54, 1.807) is 0 Å². The second-order valence-electron chi connectivity index (χ2n) is 2.54. The van der Waals surface area contributed by atoms with Crippen molar-refractivity contribution in [1.29, 1.82) is 0 Å². The highest BCUT2D eigenvalue weighted by atomic mass is 15.1. The summed E-state index contributed by atoms with van der Waals surface area (Å²) in [4.78, 5) is 4.07. The zero-order valence-electron chi connectivity index (χ0n) is 7.80. The van der Waals surface area contributed by atoms with Crippen LogP contribution in [0.15, 0.2) is 4.99 Å². The van der Waals surface area contributed by atoms with Gasteiger partial charge in [0, 0.05) is 6.54 Å². The quantitative estimate of drug-likeness (QED) is 0.368. The summed E-state index contributed by atoms with van der Waals surface area (Å²) in [7, 11) is 0. The fraction of sp³-hybridized carbons (Fsp3) is 0.667. The maximum Gasteiger partial charge on any atom is 0.189 e. The summed E-state index contributed by atoms with van der Waals surface area (Å²) in [5.41, 5.74) is 5.56. The molecule has 1 unspecified atom stereocenters. The molecule has 0 amide bonds. The van der Waals surface area contributed by atoms with Crippen LogP contribution in [0.4, 0.5) is 0 Å². The second kappa shape index (κ2) is 6.53. The standard InChI is InChI=1S/C9H17N3/c1-4-7-11-9(10)12-8(5-2)6-3/h2,8H,4,6-7H2,1,3H3,(H3,10,11,12). The van der Waals surface area contributed by atoms with Crippen molar-refractivity contribution < 1.29 is 0 Å². The molecular weight excluding hydrogens is 150 g/mol. The summed E-state index contributed by atoms with van der Waals surface area (Å²) in [5, 5.41) is 2.94. The van der Waals surface area contributed by atoms with Crippen LogP contribution in [0.1, 0.15) is 26.7 Å². The second-order valence-corrected chi connectivity index (χ2v) is 2.54. The van der Waals surface area contributed by atoms with Gasteiger partial charge in [-0.15, -0.1) is 6.42 Å². The lowest BCUT2D eigenvalue weighted by Gasteiger charge is -2.10. The fourth-order valence-electron chi connectivity index (χ4n) is 0.718. The maximum absolute atomic E-state index is 5.56. The van der Waals surface area contributed by atoms with Gasteiger partial charge in [-0.3, -0.25) is 4.99 Å². The van der Waals surface area contributed by atoms with Crippen LogP contribution in [-0.2, 0) is 0 Å². The Morgan fingerprint density at radius 3 is 2.75 bits per heavy atom. The molecule has 0 radical (unpaired) electrons. The molecule has 0 rings (SSSR count). The molecule has 0 aromatic carbocycles. The molecule has 1 atom stereocenters. The average Bonchev–Trinajstić information content (AvgIpc) is 2.10. The third-order valence-corrected chi connectivity index (χ3v) is 1.44. The molecule has 0 fully saturated rings. The number of nitrogens with two attached hydrogens (primary N) is 1. The largest absolute Gasteiger partial charge is 0.370 e. The van der Waals surface area contributed by atoms with Crippen molar-refractivity contribution in [3.63, 3.8) is 0 Å². The van der Waals surface area contributed by atoms with E-state index >= 15 is 0 Å². The van der Waals surface area contributed by atoms with E-state index < -0.39 is 0 Å². The topological polar surface area (TPSA) is 50.4 Å². The molecule has 0 saturated heterocycles. The SMILES string of the molecule is C#CC(CC)NC(N)=NCCC. The van der Waals surface area contributed by atoms with E-state index in [1.165, 1.54) is 0 Å². The molecule has 12 heavy (non-hydrogen) atoms. The monoisotopic (exact) mass is 167 g/mol. The highest BCUT2D eigenvalue weighted by Crippen LogP contribution is 1.86. The van der Waals surface area contributed by atoms with Crippen molar-refractivity contribution in [2.24, 2.45) is 10.7 Å². The molecule has 0 heterocycles. The highest BCUT2D eigenvalue weighted by Gasteiger charge is 2.00. The Kier molecular flexibility index (Phi) is 5.90. The summed E-state index contributed by atoms with van der Waals surface area (Å²) in [6.07, 6.45) is 7.09. The van der Waals surface area contributed by atoms with Crippen LogP contribution in [0.25, 0.3) is 0 Å². The number of hydrogen-bond acceptors (Lipinski definition) is 1.